The van der Waals surface area contributed by atoms with Crippen LogP contribution < -0.4 is 15.8 Å². The number of aliphatic hydroxyl groups is 1. The van der Waals surface area contributed by atoms with E-state index in [1.54, 1.807) is 24.3 Å². The van der Waals surface area contributed by atoms with Crippen molar-refractivity contribution in [2.75, 3.05) is 25.4 Å². The predicted molar refractivity (Wildman–Crippen MR) is 152 cm³/mol. The van der Waals surface area contributed by atoms with E-state index >= 15 is 0 Å². The number of halogens is 2. The highest BCUT2D eigenvalue weighted by Gasteiger charge is 2.58. The number of nitrogen functional groups attached to an aromatic ring is 1. The lowest BCUT2D eigenvalue weighted by molar-refractivity contribution is 0.0583. The molecule has 2 unspecified atom stereocenters. The lowest BCUT2D eigenvalue weighted by Gasteiger charge is -2.34. The Kier molecular flexibility index (Phi) is 9.24. The fourth-order valence-electron chi connectivity index (χ4n) is 5.44. The number of nitrogens with one attached hydrogen (secondary N) is 1. The third-order valence-corrected chi connectivity index (χ3v) is 8.63. The van der Waals surface area contributed by atoms with Gasteiger partial charge in [0.1, 0.15) is 12.8 Å². The lowest BCUT2D eigenvalue weighted by Crippen LogP contribution is -2.42. The molecule has 1 amide bonds. The topological polar surface area (TPSA) is 101 Å². The highest BCUT2D eigenvalue weighted by molar-refractivity contribution is 6.35. The number of carbonyl (C=O) groups is 1. The average Bonchev–Trinajstić information content (AvgIpc) is 3.58. The van der Waals surface area contributed by atoms with Crippen molar-refractivity contribution in [3.05, 3.63) is 63.8 Å². The molecule has 38 heavy (non-hydrogen) atoms. The fraction of sp³-hybridized carbons (Fsp3) is 0.517. The molecule has 2 atom stereocenters. The number of nitrogens with zero attached hydrogens (tertiary/aromatic N) is 2. The molecular formula is C29H38Cl2N4O3. The molecule has 4 rings (SSSR count). The first-order valence-electron chi connectivity index (χ1n) is 13.3. The first kappa shape index (κ1) is 28.7. The summed E-state index contributed by atoms with van der Waals surface area (Å²) in [4.78, 5) is 19.8. The minimum absolute atomic E-state index is 0.0906. The van der Waals surface area contributed by atoms with Crippen molar-refractivity contribution in [1.82, 2.24) is 15.2 Å². The lowest BCUT2D eigenvalue weighted by atomic mass is 9.89. The van der Waals surface area contributed by atoms with Crippen molar-refractivity contribution in [2.45, 2.75) is 58.8 Å². The molecule has 1 aliphatic carbocycles. The molecule has 2 fully saturated rings. The second-order valence-corrected chi connectivity index (χ2v) is 11.7. The molecule has 0 radical (unpaired) electrons. The average molecular weight is 562 g/mol. The van der Waals surface area contributed by atoms with Crippen molar-refractivity contribution in [2.24, 2.45) is 17.3 Å². The molecule has 7 nitrogen and oxygen atoms in total. The van der Waals surface area contributed by atoms with Gasteiger partial charge in [-0.05, 0) is 62.1 Å². The Labute approximate surface area is 235 Å². The standard InChI is InChI=1S/C29H38Cl2N4O3/c1-4-6-19-20(16-34-26(32)25(19)38-17-21-23(30)7-5-8-24(21)31)28(37)35-13-10-29(11-14-35)15-22(29)27(36)33-12-9-18(2)3/h4-5,7-8,16,18,22,27,33,36H,1,6,9-15,17H2,2-3H3,(H2,32,34). The van der Waals surface area contributed by atoms with Gasteiger partial charge in [-0.1, -0.05) is 49.2 Å². The van der Waals surface area contributed by atoms with Gasteiger partial charge in [-0.15, -0.1) is 6.58 Å². The van der Waals surface area contributed by atoms with E-state index in [1.165, 1.54) is 6.20 Å². The maximum Gasteiger partial charge on any atom is 0.255 e. The van der Waals surface area contributed by atoms with Crippen molar-refractivity contribution in [3.8, 4) is 5.75 Å². The number of rotatable bonds is 11. The molecule has 1 saturated carbocycles. The summed E-state index contributed by atoms with van der Waals surface area (Å²) in [6.45, 7) is 10.4. The number of aliphatic hydroxyl groups excluding tert-OH is 1. The van der Waals surface area contributed by atoms with Crippen LogP contribution in [0.5, 0.6) is 5.75 Å². The van der Waals surface area contributed by atoms with E-state index in [1.807, 2.05) is 4.90 Å². The molecule has 0 bridgehead atoms. The van der Waals surface area contributed by atoms with Crippen molar-refractivity contribution in [1.29, 1.82) is 0 Å². The zero-order valence-corrected chi connectivity index (χ0v) is 23.7. The molecule has 9 heteroatoms. The van der Waals surface area contributed by atoms with Gasteiger partial charge in [-0.2, -0.15) is 0 Å². The van der Waals surface area contributed by atoms with Crippen LogP contribution >= 0.6 is 23.2 Å². The zero-order valence-electron chi connectivity index (χ0n) is 22.2. The van der Waals surface area contributed by atoms with E-state index in [0.717, 1.165) is 32.2 Å². The van der Waals surface area contributed by atoms with Gasteiger partial charge in [-0.3, -0.25) is 10.1 Å². The van der Waals surface area contributed by atoms with Gasteiger partial charge in [0.2, 0.25) is 0 Å². The summed E-state index contributed by atoms with van der Waals surface area (Å²) in [7, 11) is 0. The SMILES string of the molecule is C=CCc1c(C(=O)N2CCC3(CC2)CC3C(O)NCCC(C)C)cnc(N)c1OCc1c(Cl)cccc1Cl. The molecule has 1 aromatic carbocycles. The number of amides is 1. The number of hydrogen-bond acceptors (Lipinski definition) is 6. The molecule has 2 aromatic rings. The van der Waals surface area contributed by atoms with Crippen LogP contribution in [0.25, 0.3) is 0 Å². The quantitative estimate of drug-likeness (QED) is 0.248. The summed E-state index contributed by atoms with van der Waals surface area (Å²) < 4.78 is 6.07. The van der Waals surface area contributed by atoms with E-state index in [4.69, 9.17) is 33.7 Å². The Morgan fingerprint density at radius 2 is 2.00 bits per heavy atom. The number of piperidine rings is 1. The van der Waals surface area contributed by atoms with Crippen LogP contribution in [-0.2, 0) is 13.0 Å². The van der Waals surface area contributed by atoms with Gasteiger partial charge >= 0.3 is 0 Å². The maximum absolute atomic E-state index is 13.6. The second-order valence-electron chi connectivity index (χ2n) is 10.9. The predicted octanol–water partition coefficient (Wildman–Crippen LogP) is 5.47. The number of allylic oxidation sites excluding steroid dienone is 1. The van der Waals surface area contributed by atoms with Crippen LogP contribution in [0.2, 0.25) is 10.0 Å². The van der Waals surface area contributed by atoms with E-state index in [-0.39, 0.29) is 29.7 Å². The van der Waals surface area contributed by atoms with Crippen molar-refractivity contribution >= 4 is 34.9 Å². The number of nitrogens with two attached hydrogens (primary N) is 1. The van der Waals surface area contributed by atoms with E-state index in [0.29, 0.717) is 57.9 Å². The second kappa shape index (κ2) is 12.2. The first-order chi connectivity index (χ1) is 18.2. The number of aromatic nitrogens is 1. The molecular weight excluding hydrogens is 523 g/mol. The number of carbonyl (C=O) groups excluding carboxylic acids is 1. The first-order valence-corrected chi connectivity index (χ1v) is 14.1. The van der Waals surface area contributed by atoms with Gasteiger partial charge in [0.25, 0.3) is 5.91 Å². The number of likely N-dealkylation sites (tertiary alicyclic amines) is 1. The Morgan fingerprint density at radius 3 is 2.63 bits per heavy atom. The minimum Gasteiger partial charge on any atom is -0.485 e. The highest BCUT2D eigenvalue weighted by atomic mass is 35.5. The van der Waals surface area contributed by atoms with Gasteiger partial charge in [-0.25, -0.2) is 4.98 Å². The number of hydrogen-bond donors (Lipinski definition) is 3. The van der Waals surface area contributed by atoms with Crippen LogP contribution in [-0.4, -0.2) is 46.8 Å². The Bertz CT molecular complexity index is 1140. The normalized spacial score (nSPS) is 19.0. The summed E-state index contributed by atoms with van der Waals surface area (Å²) in [6, 6.07) is 5.25. The monoisotopic (exact) mass is 560 g/mol. The smallest absolute Gasteiger partial charge is 0.255 e. The molecule has 2 aliphatic rings. The number of anilines is 1. The minimum atomic E-state index is -0.483. The molecule has 1 aromatic heterocycles. The molecule has 1 saturated heterocycles. The number of benzene rings is 1. The van der Waals surface area contributed by atoms with E-state index in [2.05, 4.69) is 30.7 Å². The van der Waals surface area contributed by atoms with Gasteiger partial charge in [0, 0.05) is 46.4 Å². The molecule has 2 heterocycles. The summed E-state index contributed by atoms with van der Waals surface area (Å²) in [5.41, 5.74) is 8.05. The Morgan fingerprint density at radius 1 is 1.32 bits per heavy atom. The van der Waals surface area contributed by atoms with E-state index < -0.39 is 6.23 Å². The third-order valence-electron chi connectivity index (χ3n) is 7.92. The van der Waals surface area contributed by atoms with Gasteiger partial charge < -0.3 is 20.5 Å². The van der Waals surface area contributed by atoms with Crippen LogP contribution in [0.4, 0.5) is 5.82 Å². The molecule has 4 N–H and O–H groups in total. The molecule has 1 aliphatic heterocycles. The molecule has 206 valence electrons. The number of pyridine rings is 1. The summed E-state index contributed by atoms with van der Waals surface area (Å²) in [5, 5.41) is 14.9. The van der Waals surface area contributed by atoms with Crippen molar-refractivity contribution < 1.29 is 14.6 Å². The van der Waals surface area contributed by atoms with Crippen LogP contribution in [0.15, 0.2) is 37.1 Å². The fourth-order valence-corrected chi connectivity index (χ4v) is 5.95. The summed E-state index contributed by atoms with van der Waals surface area (Å²) >= 11 is 12.6. The summed E-state index contributed by atoms with van der Waals surface area (Å²) in [6.07, 6.45) is 6.94. The third kappa shape index (κ3) is 6.28. The van der Waals surface area contributed by atoms with Crippen LogP contribution in [0.3, 0.4) is 0 Å². The highest BCUT2D eigenvalue weighted by Crippen LogP contribution is 2.60. The Balaban J connectivity index is 1.44. The summed E-state index contributed by atoms with van der Waals surface area (Å²) in [5.74, 6) is 1.29. The van der Waals surface area contributed by atoms with Gasteiger partial charge in [0.05, 0.1) is 5.56 Å². The van der Waals surface area contributed by atoms with Crippen molar-refractivity contribution in [3.63, 3.8) is 0 Å². The number of ether oxygens (including phenoxy) is 1. The zero-order chi connectivity index (χ0) is 27.4. The maximum atomic E-state index is 13.6. The van der Waals surface area contributed by atoms with Gasteiger partial charge in [0.15, 0.2) is 11.6 Å². The van der Waals surface area contributed by atoms with E-state index in [9.17, 15) is 9.90 Å². The molecule has 1 spiro atoms. The van der Waals surface area contributed by atoms with Crippen LogP contribution in [0, 0.1) is 17.3 Å². The largest absolute Gasteiger partial charge is 0.485 e. The van der Waals surface area contributed by atoms with Crippen LogP contribution in [0.1, 0.15) is 61.0 Å². The Hall–Kier alpha value is -2.32.